The van der Waals surface area contributed by atoms with E-state index in [0.717, 1.165) is 36.8 Å². The van der Waals surface area contributed by atoms with Gasteiger partial charge in [-0.15, -0.1) is 0 Å². The van der Waals surface area contributed by atoms with Gasteiger partial charge in [-0.3, -0.25) is 14.4 Å². The Kier molecular flexibility index (Phi) is 7.52. The van der Waals surface area contributed by atoms with Crippen LogP contribution in [0.1, 0.15) is 53.0 Å². The molecule has 1 saturated heterocycles. The van der Waals surface area contributed by atoms with Gasteiger partial charge >= 0.3 is 0 Å². The average molecular weight is 581 g/mol. The Labute approximate surface area is 250 Å². The largest absolute Gasteiger partial charge is 0.443 e. The first kappa shape index (κ1) is 28.6. The van der Waals surface area contributed by atoms with Crippen molar-refractivity contribution in [3.63, 3.8) is 0 Å². The molecule has 1 saturated carbocycles. The second-order valence-electron chi connectivity index (χ2n) is 12.0. The van der Waals surface area contributed by atoms with Crippen molar-refractivity contribution < 1.29 is 19.1 Å². The first-order chi connectivity index (χ1) is 20.7. The molecule has 0 radical (unpaired) electrons. The zero-order valence-corrected chi connectivity index (χ0v) is 24.5. The summed E-state index contributed by atoms with van der Waals surface area (Å²) in [7, 11) is 3.36. The summed E-state index contributed by atoms with van der Waals surface area (Å²) >= 11 is 0. The van der Waals surface area contributed by atoms with Crippen LogP contribution in [0.3, 0.4) is 0 Å². The molecule has 4 aromatic rings. The zero-order chi connectivity index (χ0) is 30.2. The minimum Gasteiger partial charge on any atom is -0.443 e. The molecule has 6 rings (SSSR count). The lowest BCUT2D eigenvalue weighted by Crippen LogP contribution is -2.62. The molecule has 3 heterocycles. The number of pyridine rings is 1. The highest BCUT2D eigenvalue weighted by Crippen LogP contribution is 2.52. The number of benzene rings is 2. The molecule has 2 aliphatic rings. The Balaban J connectivity index is 1.32. The third kappa shape index (κ3) is 5.18. The number of hydrogen-bond donors (Lipinski definition) is 1. The minimum atomic E-state index is -1.25. The van der Waals surface area contributed by atoms with E-state index in [1.54, 1.807) is 25.2 Å². The number of amides is 2. The van der Waals surface area contributed by atoms with E-state index in [1.165, 1.54) is 21.9 Å². The van der Waals surface area contributed by atoms with Crippen LogP contribution in [0.5, 0.6) is 0 Å². The van der Waals surface area contributed by atoms with Crippen molar-refractivity contribution in [2.75, 3.05) is 27.2 Å². The maximum Gasteiger partial charge on any atom is 0.276 e. The Morgan fingerprint density at radius 2 is 1.63 bits per heavy atom. The van der Waals surface area contributed by atoms with Crippen LogP contribution >= 0.6 is 0 Å². The first-order valence-electron chi connectivity index (χ1n) is 14.7. The van der Waals surface area contributed by atoms with E-state index < -0.39 is 11.0 Å². The average Bonchev–Trinajstić information content (AvgIpc) is 3.71. The lowest BCUT2D eigenvalue weighted by molar-refractivity contribution is -0.135. The van der Waals surface area contributed by atoms with E-state index in [1.807, 2.05) is 60.7 Å². The van der Waals surface area contributed by atoms with Gasteiger partial charge in [-0.2, -0.15) is 0 Å². The van der Waals surface area contributed by atoms with Crippen LogP contribution in [-0.2, 0) is 6.54 Å². The van der Waals surface area contributed by atoms with E-state index in [2.05, 4.69) is 4.98 Å². The summed E-state index contributed by atoms with van der Waals surface area (Å²) in [6.45, 7) is 0.693. The quantitative estimate of drug-likeness (QED) is 0.354. The predicted octanol–water partition coefficient (Wildman–Crippen LogP) is 4.71. The topological polar surface area (TPSA) is 109 Å². The Morgan fingerprint density at radius 3 is 2.28 bits per heavy atom. The second kappa shape index (κ2) is 11.3. The van der Waals surface area contributed by atoms with Crippen molar-refractivity contribution >= 4 is 11.8 Å². The fourth-order valence-corrected chi connectivity index (χ4v) is 6.86. The second-order valence-corrected chi connectivity index (χ2v) is 12.0. The summed E-state index contributed by atoms with van der Waals surface area (Å²) < 4.78 is 7.10. The van der Waals surface area contributed by atoms with Gasteiger partial charge in [-0.25, -0.2) is 4.98 Å². The standard InChI is InChI=1S/C34H36N4O5/c1-36(2)31(40)27-20-38(28(39)19-26(27)24-11-5-3-6-12-24)22-34(42)17-18-37(21-33(34)15-9-10-16-33)32(41)29-30(43-23-35-29)25-13-7-4-8-14-25/h3-8,11-14,19-20,23,42H,9-10,15-18,21-22H2,1-2H3. The zero-order valence-electron chi connectivity index (χ0n) is 24.5. The minimum absolute atomic E-state index is 0.0376. The molecule has 2 fully saturated rings. The highest BCUT2D eigenvalue weighted by molar-refractivity contribution is 6.00. The van der Waals surface area contributed by atoms with Gasteiger partial charge in [0.15, 0.2) is 17.8 Å². The summed E-state index contributed by atoms with van der Waals surface area (Å²) in [6.07, 6.45) is 6.49. The monoisotopic (exact) mass is 580 g/mol. The summed E-state index contributed by atoms with van der Waals surface area (Å²) in [5, 5.41) is 12.4. The molecule has 2 aromatic heterocycles. The number of piperidine rings is 1. The van der Waals surface area contributed by atoms with Crippen molar-refractivity contribution in [1.82, 2.24) is 19.4 Å². The van der Waals surface area contributed by atoms with E-state index >= 15 is 0 Å². The van der Waals surface area contributed by atoms with Crippen molar-refractivity contribution in [1.29, 1.82) is 0 Å². The molecule has 1 N–H and O–H groups in total. The molecule has 1 aliphatic carbocycles. The fourth-order valence-electron chi connectivity index (χ4n) is 6.86. The molecule has 1 spiro atoms. The lowest BCUT2D eigenvalue weighted by Gasteiger charge is -2.52. The van der Waals surface area contributed by atoms with Crippen LogP contribution in [0, 0.1) is 5.41 Å². The molecule has 2 aromatic carbocycles. The summed E-state index contributed by atoms with van der Waals surface area (Å²) in [5.74, 6) is -0.0309. The van der Waals surface area contributed by atoms with Crippen LogP contribution in [0.2, 0.25) is 0 Å². The number of carbonyl (C=O) groups excluding carboxylic acids is 2. The van der Waals surface area contributed by atoms with E-state index in [9.17, 15) is 19.5 Å². The van der Waals surface area contributed by atoms with Crippen LogP contribution in [0.4, 0.5) is 0 Å². The highest BCUT2D eigenvalue weighted by Gasteiger charge is 2.56. The number of hydrogen-bond acceptors (Lipinski definition) is 6. The molecular weight excluding hydrogens is 544 g/mol. The van der Waals surface area contributed by atoms with Crippen LogP contribution < -0.4 is 5.56 Å². The molecule has 1 atom stereocenters. The van der Waals surface area contributed by atoms with Gasteiger partial charge < -0.3 is 23.9 Å². The normalized spacial score (nSPS) is 19.5. The van der Waals surface area contributed by atoms with Crippen LogP contribution in [0.25, 0.3) is 22.5 Å². The Morgan fingerprint density at radius 1 is 0.977 bits per heavy atom. The third-order valence-corrected chi connectivity index (χ3v) is 9.21. The van der Waals surface area contributed by atoms with Gasteiger partial charge in [-0.05, 0) is 24.8 Å². The van der Waals surface area contributed by atoms with Crippen molar-refractivity contribution in [3.05, 3.63) is 101 Å². The molecular formula is C34H36N4O5. The number of oxazole rings is 1. The third-order valence-electron chi connectivity index (χ3n) is 9.21. The lowest BCUT2D eigenvalue weighted by atomic mass is 9.65. The number of aliphatic hydroxyl groups is 1. The molecule has 2 amide bonds. The van der Waals surface area contributed by atoms with Crippen molar-refractivity contribution in [2.24, 2.45) is 5.41 Å². The summed E-state index contributed by atoms with van der Waals surface area (Å²) in [6, 6.07) is 20.3. The van der Waals surface area contributed by atoms with Gasteiger partial charge in [0.25, 0.3) is 17.4 Å². The Hall–Kier alpha value is -4.50. The van der Waals surface area contributed by atoms with Gasteiger partial charge in [-0.1, -0.05) is 73.5 Å². The molecule has 222 valence electrons. The molecule has 43 heavy (non-hydrogen) atoms. The van der Waals surface area contributed by atoms with E-state index in [4.69, 9.17) is 4.42 Å². The van der Waals surface area contributed by atoms with Crippen LogP contribution in [0.15, 0.2) is 88.5 Å². The highest BCUT2D eigenvalue weighted by atomic mass is 16.3. The van der Waals surface area contributed by atoms with Gasteiger partial charge in [0.1, 0.15) is 0 Å². The predicted molar refractivity (Wildman–Crippen MR) is 162 cm³/mol. The molecule has 1 aliphatic heterocycles. The Bertz CT molecular complexity index is 1690. The SMILES string of the molecule is CN(C)C(=O)c1cn(CC2(O)CCN(C(=O)c3ncoc3-c3ccccc3)CC23CCCC3)c(=O)cc1-c1ccccc1. The number of carbonyl (C=O) groups is 2. The summed E-state index contributed by atoms with van der Waals surface area (Å²) in [5.41, 5.74) is 0.626. The van der Waals surface area contributed by atoms with Gasteiger partial charge in [0, 0.05) is 56.0 Å². The van der Waals surface area contributed by atoms with Crippen LogP contribution in [-0.4, -0.2) is 69.1 Å². The molecule has 9 heteroatoms. The van der Waals surface area contributed by atoms with Gasteiger partial charge in [0.2, 0.25) is 0 Å². The van der Waals surface area contributed by atoms with E-state index in [-0.39, 0.29) is 29.6 Å². The maximum atomic E-state index is 13.8. The number of rotatable bonds is 6. The number of aromatic nitrogens is 2. The maximum absolute atomic E-state index is 13.8. The first-order valence-corrected chi connectivity index (χ1v) is 14.7. The van der Waals surface area contributed by atoms with Crippen molar-refractivity contribution in [3.8, 4) is 22.5 Å². The molecule has 1 unspecified atom stereocenters. The van der Waals surface area contributed by atoms with Gasteiger partial charge in [0.05, 0.1) is 17.7 Å². The van der Waals surface area contributed by atoms with Crippen molar-refractivity contribution in [2.45, 2.75) is 44.2 Å². The number of nitrogens with zero attached hydrogens (tertiary/aromatic N) is 4. The fraction of sp³-hybridized carbons (Fsp3) is 0.353. The molecule has 9 nitrogen and oxygen atoms in total. The van der Waals surface area contributed by atoms with E-state index in [0.29, 0.717) is 36.4 Å². The number of likely N-dealkylation sites (tertiary alicyclic amines) is 1. The molecule has 0 bridgehead atoms. The smallest absolute Gasteiger partial charge is 0.276 e. The summed E-state index contributed by atoms with van der Waals surface area (Å²) in [4.78, 5) is 48.1.